The maximum absolute atomic E-state index is 12.5. The molecule has 0 amide bonds. The number of nitrogens with zero attached hydrogens (tertiary/aromatic N) is 1. The fraction of sp³-hybridized carbons (Fsp3) is 0.0476. The maximum Gasteiger partial charge on any atom is 0.335 e. The van der Waals surface area contributed by atoms with Crippen LogP contribution >= 0.6 is 0 Å². The third kappa shape index (κ3) is 4.12. The first-order chi connectivity index (χ1) is 13.9. The molecular weight excluding hydrogens is 390 g/mol. The van der Waals surface area contributed by atoms with E-state index in [2.05, 4.69) is 14.9 Å². The Morgan fingerprint density at radius 1 is 1.00 bits per heavy atom. The number of hydrogen-bond donors (Lipinski definition) is 3. The Morgan fingerprint density at radius 2 is 1.79 bits per heavy atom. The van der Waals surface area contributed by atoms with Gasteiger partial charge in [-0.2, -0.15) is 5.10 Å². The molecule has 0 unspecified atom stereocenters. The molecule has 29 heavy (non-hydrogen) atoms. The second-order valence-corrected chi connectivity index (χ2v) is 8.29. The van der Waals surface area contributed by atoms with Crippen molar-refractivity contribution >= 4 is 32.6 Å². The lowest BCUT2D eigenvalue weighted by molar-refractivity contribution is 0.0697. The minimum Gasteiger partial charge on any atom is -0.478 e. The van der Waals surface area contributed by atoms with Gasteiger partial charge in [0.05, 0.1) is 22.5 Å². The van der Waals surface area contributed by atoms with Crippen LogP contribution in [0.1, 0.15) is 15.9 Å². The van der Waals surface area contributed by atoms with Crippen LogP contribution in [-0.4, -0.2) is 29.7 Å². The van der Waals surface area contributed by atoms with Crippen LogP contribution in [0.15, 0.2) is 72.8 Å². The van der Waals surface area contributed by atoms with Gasteiger partial charge in [0, 0.05) is 16.6 Å². The molecule has 0 aliphatic carbocycles. The summed E-state index contributed by atoms with van der Waals surface area (Å²) in [4.78, 5) is 11.3. The summed E-state index contributed by atoms with van der Waals surface area (Å²) in [6.45, 7) is 0. The molecule has 4 rings (SSSR count). The van der Waals surface area contributed by atoms with Gasteiger partial charge in [0.2, 0.25) is 10.0 Å². The molecule has 0 atom stereocenters. The number of sulfonamides is 1. The van der Waals surface area contributed by atoms with E-state index in [0.717, 1.165) is 0 Å². The highest BCUT2D eigenvalue weighted by Crippen LogP contribution is 2.29. The van der Waals surface area contributed by atoms with Crippen molar-refractivity contribution < 1.29 is 18.3 Å². The number of benzene rings is 3. The first kappa shape index (κ1) is 18.7. The van der Waals surface area contributed by atoms with Crippen molar-refractivity contribution in [1.29, 1.82) is 0 Å². The number of carboxylic acid groups (broad SMARTS) is 1. The monoisotopic (exact) mass is 407 g/mol. The summed E-state index contributed by atoms with van der Waals surface area (Å²) in [7, 11) is -3.59. The summed E-state index contributed by atoms with van der Waals surface area (Å²) in [6, 6.07) is 20.5. The third-order valence-electron chi connectivity index (χ3n) is 4.42. The van der Waals surface area contributed by atoms with E-state index in [1.807, 2.05) is 6.07 Å². The number of rotatable bonds is 6. The van der Waals surface area contributed by atoms with Crippen molar-refractivity contribution in [3.63, 3.8) is 0 Å². The van der Waals surface area contributed by atoms with E-state index in [0.29, 0.717) is 33.4 Å². The molecule has 0 spiro atoms. The van der Waals surface area contributed by atoms with E-state index < -0.39 is 16.0 Å². The highest BCUT2D eigenvalue weighted by molar-refractivity contribution is 7.91. The predicted octanol–water partition coefficient (Wildman–Crippen LogP) is 3.87. The largest absolute Gasteiger partial charge is 0.478 e. The summed E-state index contributed by atoms with van der Waals surface area (Å²) >= 11 is 0. The average molecular weight is 407 g/mol. The van der Waals surface area contributed by atoms with Crippen LogP contribution in [-0.2, 0) is 15.8 Å². The summed E-state index contributed by atoms with van der Waals surface area (Å²) in [5.74, 6) is -1.16. The number of aromatic amines is 1. The average Bonchev–Trinajstić information content (AvgIpc) is 3.11. The smallest absolute Gasteiger partial charge is 0.335 e. The normalized spacial score (nSPS) is 11.4. The zero-order valence-corrected chi connectivity index (χ0v) is 16.0. The highest BCUT2D eigenvalue weighted by Gasteiger charge is 2.14. The van der Waals surface area contributed by atoms with Gasteiger partial charge < -0.3 is 5.11 Å². The van der Waals surface area contributed by atoms with Crippen molar-refractivity contribution in [3.8, 4) is 11.3 Å². The van der Waals surface area contributed by atoms with Crippen molar-refractivity contribution in [2.24, 2.45) is 0 Å². The molecule has 3 aromatic carbocycles. The first-order valence-corrected chi connectivity index (χ1v) is 10.4. The van der Waals surface area contributed by atoms with Crippen LogP contribution in [0.2, 0.25) is 0 Å². The fourth-order valence-corrected chi connectivity index (χ4v) is 4.30. The lowest BCUT2D eigenvalue weighted by Gasteiger charge is -2.09. The fourth-order valence-electron chi connectivity index (χ4n) is 3.11. The molecule has 3 N–H and O–H groups in total. The molecule has 0 saturated carbocycles. The topological polar surface area (TPSA) is 112 Å². The lowest BCUT2D eigenvalue weighted by atomic mass is 10.1. The van der Waals surface area contributed by atoms with Crippen molar-refractivity contribution in [1.82, 2.24) is 10.2 Å². The van der Waals surface area contributed by atoms with Crippen LogP contribution in [0.3, 0.4) is 0 Å². The van der Waals surface area contributed by atoms with Crippen LogP contribution in [0.4, 0.5) is 5.69 Å². The zero-order chi connectivity index (χ0) is 20.4. The molecule has 0 saturated heterocycles. The second-order valence-electron chi connectivity index (χ2n) is 6.57. The standard InChI is InChI=1S/C21H17N3O4S/c25-21(26)16-9-10-19-18(12-16)20(23-22-19)15-7-4-8-17(11-15)24-29(27,28)13-14-5-2-1-3-6-14/h1-12,24H,13H2,(H,22,23)(H,25,26). The number of hydrogen-bond acceptors (Lipinski definition) is 4. The molecule has 0 fully saturated rings. The number of aromatic nitrogens is 2. The van der Waals surface area contributed by atoms with Crippen molar-refractivity contribution in [3.05, 3.63) is 83.9 Å². The van der Waals surface area contributed by atoms with Crippen LogP contribution in [0, 0.1) is 0 Å². The maximum atomic E-state index is 12.5. The van der Waals surface area contributed by atoms with E-state index in [9.17, 15) is 18.3 Å². The number of H-pyrrole nitrogens is 1. The Balaban J connectivity index is 1.65. The second kappa shape index (κ2) is 7.40. The van der Waals surface area contributed by atoms with Gasteiger partial charge in [0.25, 0.3) is 0 Å². The summed E-state index contributed by atoms with van der Waals surface area (Å²) in [6.07, 6.45) is 0. The minimum atomic E-state index is -3.59. The zero-order valence-electron chi connectivity index (χ0n) is 15.2. The summed E-state index contributed by atoms with van der Waals surface area (Å²) in [5, 5.41) is 17.0. The molecule has 1 heterocycles. The van der Waals surface area contributed by atoms with Crippen molar-refractivity contribution in [2.45, 2.75) is 5.75 Å². The molecule has 0 aliphatic heterocycles. The molecule has 1 aromatic heterocycles. The third-order valence-corrected chi connectivity index (χ3v) is 5.68. The van der Waals surface area contributed by atoms with E-state index in [1.165, 1.54) is 6.07 Å². The summed E-state index contributed by atoms with van der Waals surface area (Å²) < 4.78 is 27.6. The number of anilines is 1. The molecule has 7 nitrogen and oxygen atoms in total. The van der Waals surface area contributed by atoms with Gasteiger partial charge in [0.1, 0.15) is 0 Å². The molecule has 0 bridgehead atoms. The van der Waals surface area contributed by atoms with Crippen LogP contribution in [0.5, 0.6) is 0 Å². The summed E-state index contributed by atoms with van der Waals surface area (Å²) in [5.41, 5.74) is 3.16. The first-order valence-electron chi connectivity index (χ1n) is 8.77. The van der Waals surface area contributed by atoms with E-state index in [-0.39, 0.29) is 11.3 Å². The minimum absolute atomic E-state index is 0.134. The van der Waals surface area contributed by atoms with Crippen LogP contribution in [0.25, 0.3) is 22.2 Å². The Kier molecular flexibility index (Phi) is 4.77. The van der Waals surface area contributed by atoms with Gasteiger partial charge in [-0.3, -0.25) is 9.82 Å². The number of nitrogens with one attached hydrogen (secondary N) is 2. The predicted molar refractivity (Wildman–Crippen MR) is 111 cm³/mol. The lowest BCUT2D eigenvalue weighted by Crippen LogP contribution is -2.15. The quantitative estimate of drug-likeness (QED) is 0.449. The molecule has 4 aromatic rings. The van der Waals surface area contributed by atoms with Gasteiger partial charge >= 0.3 is 5.97 Å². The SMILES string of the molecule is O=C(O)c1ccc2[nH]nc(-c3cccc(NS(=O)(=O)Cc4ccccc4)c3)c2c1. The molecule has 146 valence electrons. The highest BCUT2D eigenvalue weighted by atomic mass is 32.2. The number of carbonyl (C=O) groups is 1. The van der Waals surface area contributed by atoms with Crippen molar-refractivity contribution in [2.75, 3.05) is 4.72 Å². The molecule has 0 radical (unpaired) electrons. The van der Waals surface area contributed by atoms with Gasteiger partial charge in [0.15, 0.2) is 0 Å². The van der Waals surface area contributed by atoms with E-state index >= 15 is 0 Å². The van der Waals surface area contributed by atoms with E-state index in [1.54, 1.807) is 60.7 Å². The van der Waals surface area contributed by atoms with Gasteiger partial charge in [-0.05, 0) is 35.9 Å². The molecular formula is C21H17N3O4S. The van der Waals surface area contributed by atoms with Gasteiger partial charge in [-0.15, -0.1) is 0 Å². The Morgan fingerprint density at radius 3 is 2.55 bits per heavy atom. The van der Waals surface area contributed by atoms with Gasteiger partial charge in [-0.25, -0.2) is 13.2 Å². The van der Waals surface area contributed by atoms with E-state index in [4.69, 9.17) is 0 Å². The number of aromatic carboxylic acids is 1. The number of fused-ring (bicyclic) bond motifs is 1. The molecule has 8 heteroatoms. The Hall–Kier alpha value is -3.65. The molecule has 0 aliphatic rings. The number of carboxylic acids is 1. The Bertz CT molecular complexity index is 1300. The van der Waals surface area contributed by atoms with Gasteiger partial charge in [-0.1, -0.05) is 42.5 Å². The van der Waals surface area contributed by atoms with Crippen LogP contribution < -0.4 is 4.72 Å². The Labute approximate surface area is 167 Å².